The van der Waals surface area contributed by atoms with Crippen LogP contribution in [0.25, 0.3) is 11.1 Å². The molecule has 0 spiro atoms. The lowest BCUT2D eigenvalue weighted by atomic mass is 10.2. The highest BCUT2D eigenvalue weighted by molar-refractivity contribution is 5.77. The predicted octanol–water partition coefficient (Wildman–Crippen LogP) is 2.67. The van der Waals surface area contributed by atoms with Crippen molar-refractivity contribution in [2.75, 3.05) is 0 Å². The lowest BCUT2D eigenvalue weighted by molar-refractivity contribution is -0.406. The molecule has 1 heterocycles. The SMILES string of the molecule is O=[N+]([O-])c1nc2c(C(F)F)cccc2o1. The number of nitrogens with zero attached hydrogens (tertiary/aromatic N) is 2. The van der Waals surface area contributed by atoms with Crippen molar-refractivity contribution < 1.29 is 18.1 Å². The van der Waals surface area contributed by atoms with Crippen LogP contribution in [0.1, 0.15) is 12.0 Å². The zero-order valence-corrected chi connectivity index (χ0v) is 7.18. The van der Waals surface area contributed by atoms with Crippen LogP contribution in [0.3, 0.4) is 0 Å². The monoisotopic (exact) mass is 214 g/mol. The Morgan fingerprint density at radius 3 is 2.80 bits per heavy atom. The van der Waals surface area contributed by atoms with Crippen LogP contribution in [0.2, 0.25) is 0 Å². The van der Waals surface area contributed by atoms with E-state index in [9.17, 15) is 18.9 Å². The molecule has 0 aliphatic heterocycles. The van der Waals surface area contributed by atoms with Gasteiger partial charge in [-0.15, -0.1) is 0 Å². The smallest absolute Gasteiger partial charge is 0.381 e. The molecule has 0 N–H and O–H groups in total. The summed E-state index contributed by atoms with van der Waals surface area (Å²) >= 11 is 0. The van der Waals surface area contributed by atoms with Crippen LogP contribution in [-0.2, 0) is 0 Å². The molecule has 15 heavy (non-hydrogen) atoms. The Kier molecular flexibility index (Phi) is 2.07. The Bertz CT molecular complexity index is 524. The van der Waals surface area contributed by atoms with Gasteiger partial charge in [0.1, 0.15) is 0 Å². The van der Waals surface area contributed by atoms with Gasteiger partial charge in [-0.1, -0.05) is 6.07 Å². The standard InChI is InChI=1S/C8H4F2N2O3/c9-7(10)4-2-1-3-5-6(4)11-8(15-5)12(13)14/h1-3,7H. The number of benzene rings is 1. The summed E-state index contributed by atoms with van der Waals surface area (Å²) in [7, 11) is 0. The van der Waals surface area contributed by atoms with Crippen LogP contribution in [0.15, 0.2) is 22.6 Å². The topological polar surface area (TPSA) is 69.2 Å². The molecule has 78 valence electrons. The summed E-state index contributed by atoms with van der Waals surface area (Å²) < 4.78 is 29.6. The van der Waals surface area contributed by atoms with Gasteiger partial charge in [0.15, 0.2) is 5.58 Å². The van der Waals surface area contributed by atoms with Crippen LogP contribution in [-0.4, -0.2) is 9.91 Å². The van der Waals surface area contributed by atoms with E-state index in [2.05, 4.69) is 9.40 Å². The number of oxazole rings is 1. The summed E-state index contributed by atoms with van der Waals surface area (Å²) in [6, 6.07) is 3.05. The summed E-state index contributed by atoms with van der Waals surface area (Å²) in [5.41, 5.74) is -0.553. The number of hydrogen-bond donors (Lipinski definition) is 0. The van der Waals surface area contributed by atoms with Gasteiger partial charge in [-0.25, -0.2) is 8.78 Å². The minimum atomic E-state index is -2.74. The Hall–Kier alpha value is -2.05. The third-order valence-electron chi connectivity index (χ3n) is 1.83. The van der Waals surface area contributed by atoms with Crippen molar-refractivity contribution in [2.45, 2.75) is 6.43 Å². The predicted molar refractivity (Wildman–Crippen MR) is 45.6 cm³/mol. The van der Waals surface area contributed by atoms with Crippen molar-refractivity contribution in [3.05, 3.63) is 33.9 Å². The van der Waals surface area contributed by atoms with E-state index in [0.717, 1.165) is 6.07 Å². The van der Waals surface area contributed by atoms with E-state index in [-0.39, 0.29) is 16.7 Å². The van der Waals surface area contributed by atoms with E-state index >= 15 is 0 Å². The number of para-hydroxylation sites is 1. The van der Waals surface area contributed by atoms with Gasteiger partial charge in [0.25, 0.3) is 6.43 Å². The third kappa shape index (κ3) is 1.51. The molecule has 1 aromatic carbocycles. The maximum atomic E-state index is 12.5. The first kappa shape index (κ1) is 9.50. The van der Waals surface area contributed by atoms with Crippen molar-refractivity contribution in [3.63, 3.8) is 0 Å². The highest BCUT2D eigenvalue weighted by Crippen LogP contribution is 2.29. The Labute approximate surface area is 81.5 Å². The largest absolute Gasteiger partial charge is 0.546 e. The van der Waals surface area contributed by atoms with E-state index in [0.29, 0.717) is 0 Å². The second kappa shape index (κ2) is 3.26. The molecular weight excluding hydrogens is 210 g/mol. The van der Waals surface area contributed by atoms with Gasteiger partial charge in [-0.05, 0) is 12.1 Å². The van der Waals surface area contributed by atoms with E-state index in [4.69, 9.17) is 0 Å². The highest BCUT2D eigenvalue weighted by atomic mass is 19.3. The van der Waals surface area contributed by atoms with Gasteiger partial charge in [-0.3, -0.25) is 0 Å². The number of rotatable bonds is 2. The van der Waals surface area contributed by atoms with Crippen molar-refractivity contribution in [1.29, 1.82) is 0 Å². The van der Waals surface area contributed by atoms with Crippen LogP contribution in [0.5, 0.6) is 0 Å². The van der Waals surface area contributed by atoms with Crippen LogP contribution < -0.4 is 0 Å². The molecule has 0 radical (unpaired) electrons. The fourth-order valence-corrected chi connectivity index (χ4v) is 1.21. The Morgan fingerprint density at radius 1 is 1.47 bits per heavy atom. The average Bonchev–Trinajstić information content (AvgIpc) is 2.60. The first-order chi connectivity index (χ1) is 7.09. The van der Waals surface area contributed by atoms with Crippen molar-refractivity contribution in [1.82, 2.24) is 4.98 Å². The number of hydrogen-bond acceptors (Lipinski definition) is 4. The van der Waals surface area contributed by atoms with Crippen LogP contribution in [0.4, 0.5) is 14.8 Å². The summed E-state index contributed by atoms with van der Waals surface area (Å²) in [4.78, 5) is 12.8. The summed E-state index contributed by atoms with van der Waals surface area (Å²) in [6.07, 6.45) is -2.74. The number of halogens is 2. The Balaban J connectivity index is 2.69. The maximum absolute atomic E-state index is 12.5. The minimum absolute atomic E-state index is 0.0144. The molecule has 0 saturated heterocycles. The normalized spacial score (nSPS) is 11.1. The molecule has 7 heteroatoms. The fourth-order valence-electron chi connectivity index (χ4n) is 1.21. The highest BCUT2D eigenvalue weighted by Gasteiger charge is 2.23. The number of alkyl halides is 2. The molecule has 0 unspecified atom stereocenters. The average molecular weight is 214 g/mol. The van der Waals surface area contributed by atoms with E-state index in [1.165, 1.54) is 12.1 Å². The molecule has 0 amide bonds. The van der Waals surface area contributed by atoms with Crippen molar-refractivity contribution >= 4 is 17.1 Å². The molecule has 0 fully saturated rings. The van der Waals surface area contributed by atoms with Gasteiger partial charge in [0, 0.05) is 9.91 Å². The van der Waals surface area contributed by atoms with Crippen molar-refractivity contribution in [3.8, 4) is 0 Å². The Morgan fingerprint density at radius 2 is 2.20 bits per heavy atom. The van der Waals surface area contributed by atoms with E-state index in [1.807, 2.05) is 0 Å². The van der Waals surface area contributed by atoms with Gasteiger partial charge in [0.05, 0.1) is 5.56 Å². The van der Waals surface area contributed by atoms with Crippen molar-refractivity contribution in [2.24, 2.45) is 0 Å². The second-order valence-electron chi connectivity index (χ2n) is 2.75. The summed E-state index contributed by atoms with van der Waals surface area (Å²) in [5.74, 6) is 0. The molecule has 0 bridgehead atoms. The lowest BCUT2D eigenvalue weighted by Crippen LogP contribution is -1.88. The first-order valence-corrected chi connectivity index (χ1v) is 3.91. The van der Waals surface area contributed by atoms with Gasteiger partial charge >= 0.3 is 6.01 Å². The number of fused-ring (bicyclic) bond motifs is 1. The van der Waals surface area contributed by atoms with E-state index < -0.39 is 17.4 Å². The fraction of sp³-hybridized carbons (Fsp3) is 0.125. The summed E-state index contributed by atoms with van der Waals surface area (Å²) in [5, 5.41) is 10.3. The van der Waals surface area contributed by atoms with E-state index in [1.54, 1.807) is 0 Å². The maximum Gasteiger partial charge on any atom is 0.546 e. The molecular formula is C8H4F2N2O3. The van der Waals surface area contributed by atoms with Crippen LogP contribution in [0, 0.1) is 10.1 Å². The number of nitro groups is 1. The molecule has 0 saturated carbocycles. The van der Waals surface area contributed by atoms with Gasteiger partial charge in [0.2, 0.25) is 5.52 Å². The molecule has 0 aliphatic rings. The van der Waals surface area contributed by atoms with Gasteiger partial charge < -0.3 is 14.5 Å². The molecule has 2 aromatic rings. The molecule has 0 aliphatic carbocycles. The minimum Gasteiger partial charge on any atom is -0.381 e. The third-order valence-corrected chi connectivity index (χ3v) is 1.83. The zero-order chi connectivity index (χ0) is 11.0. The first-order valence-electron chi connectivity index (χ1n) is 3.91. The molecule has 1 aromatic heterocycles. The lowest BCUT2D eigenvalue weighted by Gasteiger charge is -1.94. The molecule has 0 atom stereocenters. The second-order valence-corrected chi connectivity index (χ2v) is 2.75. The quantitative estimate of drug-likeness (QED) is 0.569. The molecule has 5 nitrogen and oxygen atoms in total. The van der Waals surface area contributed by atoms with Gasteiger partial charge in [-0.2, -0.15) is 0 Å². The van der Waals surface area contributed by atoms with Crippen LogP contribution >= 0.6 is 0 Å². The molecule has 2 rings (SSSR count). The zero-order valence-electron chi connectivity index (χ0n) is 7.18. The summed E-state index contributed by atoms with van der Waals surface area (Å²) in [6.45, 7) is 0. The number of aromatic nitrogens is 1.